The molecule has 14 nitrogen and oxygen atoms in total. The molecule has 3 rings (SSSR count). The molecule has 9 N–H and O–H groups in total. The first kappa shape index (κ1) is 37.5. The minimum absolute atomic E-state index is 0.0136. The van der Waals surface area contributed by atoms with Crippen molar-refractivity contribution in [3.8, 4) is 5.75 Å². The van der Waals surface area contributed by atoms with Crippen LogP contribution in [0.4, 0.5) is 0 Å². The first-order valence-electron chi connectivity index (χ1n) is 16.3. The van der Waals surface area contributed by atoms with Crippen molar-refractivity contribution in [1.29, 1.82) is 0 Å². The molecule has 1 aliphatic heterocycles. The summed E-state index contributed by atoms with van der Waals surface area (Å²) < 4.78 is 0. The fourth-order valence-electron chi connectivity index (χ4n) is 5.16. The van der Waals surface area contributed by atoms with Gasteiger partial charge in [-0.05, 0) is 55.0 Å². The molecule has 0 saturated carbocycles. The number of phenols is 1. The molecule has 2 aromatic carbocycles. The first-order chi connectivity index (χ1) is 23.0. The molecule has 0 bridgehead atoms. The Morgan fingerprint density at radius 3 is 1.92 bits per heavy atom. The van der Waals surface area contributed by atoms with E-state index in [9.17, 15) is 33.9 Å². The number of carbonyl (C=O) groups excluding carboxylic acids is 6. The summed E-state index contributed by atoms with van der Waals surface area (Å²) >= 11 is 0. The molecular formula is C34H47N7O7. The molecule has 260 valence electrons. The Labute approximate surface area is 280 Å². The molecule has 48 heavy (non-hydrogen) atoms. The first-order valence-corrected chi connectivity index (χ1v) is 16.3. The summed E-state index contributed by atoms with van der Waals surface area (Å²) in [5, 5.41) is 25.5. The molecule has 2 aromatic rings. The molecule has 1 aliphatic rings. The van der Waals surface area contributed by atoms with Crippen molar-refractivity contribution in [2.24, 2.45) is 11.7 Å². The average molecular weight is 666 g/mol. The number of phenolic OH excluding ortho intramolecular Hbond substituents is 1. The minimum Gasteiger partial charge on any atom is -0.508 e. The van der Waals surface area contributed by atoms with Crippen LogP contribution in [0, 0.1) is 5.92 Å². The van der Waals surface area contributed by atoms with Crippen LogP contribution in [0.25, 0.3) is 0 Å². The van der Waals surface area contributed by atoms with Crippen LogP contribution < -0.4 is 37.6 Å². The number of benzene rings is 2. The highest BCUT2D eigenvalue weighted by molar-refractivity contribution is 5.97. The summed E-state index contributed by atoms with van der Waals surface area (Å²) in [6.45, 7) is 3.06. The number of carbonyl (C=O) groups is 6. The molecule has 14 heteroatoms. The van der Waals surface area contributed by atoms with Crippen LogP contribution in [0.3, 0.4) is 0 Å². The zero-order valence-electron chi connectivity index (χ0n) is 27.4. The second-order valence-electron chi connectivity index (χ2n) is 12.0. The average Bonchev–Trinajstić information content (AvgIpc) is 3.08. The minimum atomic E-state index is -1.16. The summed E-state index contributed by atoms with van der Waals surface area (Å²) in [5.41, 5.74) is 7.06. The van der Waals surface area contributed by atoms with Gasteiger partial charge in [-0.1, -0.05) is 62.7 Å². The lowest BCUT2D eigenvalue weighted by Gasteiger charge is -2.29. The van der Waals surface area contributed by atoms with Gasteiger partial charge in [0.25, 0.3) is 0 Å². The lowest BCUT2D eigenvalue weighted by molar-refractivity contribution is -0.136. The number of aromatic hydroxyl groups is 1. The van der Waals surface area contributed by atoms with Gasteiger partial charge >= 0.3 is 0 Å². The van der Waals surface area contributed by atoms with Gasteiger partial charge in [0, 0.05) is 12.8 Å². The van der Waals surface area contributed by atoms with Crippen LogP contribution in [0.2, 0.25) is 0 Å². The second-order valence-corrected chi connectivity index (χ2v) is 12.0. The van der Waals surface area contributed by atoms with Crippen LogP contribution in [0.1, 0.15) is 50.7 Å². The Balaban J connectivity index is 1.95. The van der Waals surface area contributed by atoms with E-state index in [4.69, 9.17) is 5.73 Å². The van der Waals surface area contributed by atoms with Crippen molar-refractivity contribution >= 4 is 35.4 Å². The van der Waals surface area contributed by atoms with Gasteiger partial charge in [0.15, 0.2) is 0 Å². The third-order valence-electron chi connectivity index (χ3n) is 8.19. The van der Waals surface area contributed by atoms with E-state index in [1.165, 1.54) is 12.1 Å². The molecule has 1 heterocycles. The fraction of sp³-hybridized carbons (Fsp3) is 0.471. The van der Waals surface area contributed by atoms with Crippen molar-refractivity contribution in [2.45, 2.75) is 76.5 Å². The van der Waals surface area contributed by atoms with Crippen molar-refractivity contribution in [2.75, 3.05) is 19.6 Å². The van der Waals surface area contributed by atoms with E-state index in [1.807, 2.05) is 13.0 Å². The summed E-state index contributed by atoms with van der Waals surface area (Å²) in [7, 11) is 0. The van der Waals surface area contributed by atoms with Crippen LogP contribution in [0.5, 0.6) is 5.75 Å². The molecule has 1 fully saturated rings. The van der Waals surface area contributed by atoms with E-state index in [0.717, 1.165) is 5.56 Å². The third kappa shape index (κ3) is 12.0. The van der Waals surface area contributed by atoms with E-state index in [1.54, 1.807) is 43.3 Å². The van der Waals surface area contributed by atoms with Crippen molar-refractivity contribution < 1.29 is 33.9 Å². The third-order valence-corrected chi connectivity index (χ3v) is 8.19. The number of rotatable bonds is 10. The summed E-state index contributed by atoms with van der Waals surface area (Å²) in [6, 6.07) is 10.7. The molecule has 1 saturated heterocycles. The molecule has 6 amide bonds. The zero-order chi connectivity index (χ0) is 35.1. The van der Waals surface area contributed by atoms with Crippen LogP contribution in [0.15, 0.2) is 54.6 Å². The molecule has 5 atom stereocenters. The predicted octanol–water partition coefficient (Wildman–Crippen LogP) is -0.462. The quantitative estimate of drug-likeness (QED) is 0.155. The number of nitrogens with two attached hydrogens (primary N) is 1. The molecule has 0 spiro atoms. The highest BCUT2D eigenvalue weighted by Gasteiger charge is 2.34. The van der Waals surface area contributed by atoms with Crippen LogP contribution in [-0.4, -0.2) is 84.4 Å². The van der Waals surface area contributed by atoms with E-state index in [-0.39, 0.29) is 30.9 Å². The van der Waals surface area contributed by atoms with E-state index in [2.05, 4.69) is 31.9 Å². The Kier molecular flexibility index (Phi) is 14.8. The summed E-state index contributed by atoms with van der Waals surface area (Å²) in [5.74, 6) is -4.14. The molecule has 1 unspecified atom stereocenters. The standard InChI is InChI=1S/C34H47N7O7/c1-3-21(2)30-34(48)39-25(11-7-8-16-35)32(46)40-26(18-23-12-14-24(42)15-13-23)31(45)37-19-28(43)36-20-29(44)38-27(33(47)41-30)17-22-9-5-4-6-10-22/h4-6,9-10,12-15,21,25-27,30,42H,3,7-8,11,16-20,35H2,1-2H3,(H,36,43)(H,37,45)(H,38,44)(H,39,48)(H,40,46)(H,41,47)/t21?,25-,26-,27-,30+/m0/s1. The van der Waals surface area contributed by atoms with Gasteiger partial charge < -0.3 is 42.7 Å². The number of hydrogen-bond acceptors (Lipinski definition) is 8. The Morgan fingerprint density at radius 2 is 1.27 bits per heavy atom. The van der Waals surface area contributed by atoms with Gasteiger partial charge in [0.1, 0.15) is 29.9 Å². The largest absolute Gasteiger partial charge is 0.508 e. The van der Waals surface area contributed by atoms with Crippen molar-refractivity contribution in [3.63, 3.8) is 0 Å². The van der Waals surface area contributed by atoms with Gasteiger partial charge in [-0.25, -0.2) is 0 Å². The molecule has 0 radical (unpaired) electrons. The monoisotopic (exact) mass is 665 g/mol. The molecule has 0 aromatic heterocycles. The maximum Gasteiger partial charge on any atom is 0.243 e. The van der Waals surface area contributed by atoms with Gasteiger partial charge in [0.2, 0.25) is 35.4 Å². The normalized spacial score (nSPS) is 22.5. The molecular weight excluding hydrogens is 618 g/mol. The highest BCUT2D eigenvalue weighted by atomic mass is 16.3. The smallest absolute Gasteiger partial charge is 0.243 e. The highest BCUT2D eigenvalue weighted by Crippen LogP contribution is 2.14. The maximum absolute atomic E-state index is 13.8. The van der Waals surface area contributed by atoms with E-state index >= 15 is 0 Å². The van der Waals surface area contributed by atoms with Gasteiger partial charge in [-0.15, -0.1) is 0 Å². The van der Waals surface area contributed by atoms with E-state index in [0.29, 0.717) is 31.4 Å². The number of amides is 6. The van der Waals surface area contributed by atoms with Gasteiger partial charge in [0.05, 0.1) is 13.1 Å². The number of hydrogen-bond donors (Lipinski definition) is 8. The topological polar surface area (TPSA) is 221 Å². The van der Waals surface area contributed by atoms with Crippen molar-refractivity contribution in [1.82, 2.24) is 31.9 Å². The van der Waals surface area contributed by atoms with Gasteiger partial charge in [-0.3, -0.25) is 28.8 Å². The Morgan fingerprint density at radius 1 is 0.688 bits per heavy atom. The second kappa shape index (κ2) is 19.0. The lowest BCUT2D eigenvalue weighted by atomic mass is 9.96. The summed E-state index contributed by atoms with van der Waals surface area (Å²) in [4.78, 5) is 80.0. The van der Waals surface area contributed by atoms with Crippen LogP contribution >= 0.6 is 0 Å². The number of unbranched alkanes of at least 4 members (excludes halogenated alkanes) is 1. The maximum atomic E-state index is 13.8. The lowest BCUT2D eigenvalue weighted by Crippen LogP contribution is -2.60. The van der Waals surface area contributed by atoms with Gasteiger partial charge in [-0.2, -0.15) is 0 Å². The Bertz CT molecular complexity index is 1400. The summed E-state index contributed by atoms with van der Waals surface area (Å²) in [6.07, 6.45) is 1.93. The SMILES string of the molecule is CCC(C)[C@H]1NC(=O)[C@H](Cc2ccccc2)NC(=O)CNC(=O)CNC(=O)[C@H](Cc2ccc(O)cc2)NC(=O)[C@H](CCCCN)NC1=O. The van der Waals surface area contributed by atoms with Crippen LogP contribution in [-0.2, 0) is 41.6 Å². The number of nitrogens with one attached hydrogen (secondary N) is 6. The van der Waals surface area contributed by atoms with Crippen molar-refractivity contribution in [3.05, 3.63) is 65.7 Å². The molecule has 0 aliphatic carbocycles. The predicted molar refractivity (Wildman–Crippen MR) is 178 cm³/mol. The zero-order valence-corrected chi connectivity index (χ0v) is 27.4. The Hall–Kier alpha value is -4.98. The van der Waals surface area contributed by atoms with E-state index < -0.39 is 72.7 Å². The fourth-order valence-corrected chi connectivity index (χ4v) is 5.16.